The van der Waals surface area contributed by atoms with Crippen LogP contribution in [0.1, 0.15) is 20.3 Å². The van der Waals surface area contributed by atoms with Crippen molar-refractivity contribution < 1.29 is 14.3 Å². The maximum Gasteiger partial charge on any atom is 0.258 e. The lowest BCUT2D eigenvalue weighted by Crippen LogP contribution is -2.31. The van der Waals surface area contributed by atoms with Gasteiger partial charge in [0.15, 0.2) is 6.61 Å². The number of hydrogen-bond acceptors (Lipinski definition) is 3. The zero-order valence-electron chi connectivity index (χ0n) is 11.7. The summed E-state index contributed by atoms with van der Waals surface area (Å²) in [5.41, 5.74) is 0. The van der Waals surface area contributed by atoms with Crippen LogP contribution in [0.15, 0.2) is 30.3 Å². The lowest BCUT2D eigenvalue weighted by atomic mass is 10.1. The molecule has 1 N–H and O–H groups in total. The number of benzene rings is 1. The highest BCUT2D eigenvalue weighted by Crippen LogP contribution is 2.07. The van der Waals surface area contributed by atoms with Crippen LogP contribution in [0.2, 0.25) is 0 Å². The Kier molecular flexibility index (Phi) is 7.66. The number of amides is 1. The van der Waals surface area contributed by atoms with E-state index in [-0.39, 0.29) is 12.5 Å². The maximum absolute atomic E-state index is 11.5. The monoisotopic (exact) mass is 265 g/mol. The van der Waals surface area contributed by atoms with Gasteiger partial charge in [-0.05, 0) is 24.5 Å². The molecule has 4 heteroatoms. The molecule has 0 aliphatic heterocycles. The molecule has 0 aliphatic rings. The van der Waals surface area contributed by atoms with Crippen molar-refractivity contribution in [3.63, 3.8) is 0 Å². The van der Waals surface area contributed by atoms with Gasteiger partial charge in [-0.15, -0.1) is 0 Å². The molecule has 0 saturated carbocycles. The van der Waals surface area contributed by atoms with E-state index in [2.05, 4.69) is 19.2 Å². The minimum Gasteiger partial charge on any atom is -0.484 e. The molecule has 0 aromatic heterocycles. The van der Waals surface area contributed by atoms with Gasteiger partial charge in [0.25, 0.3) is 5.91 Å². The van der Waals surface area contributed by atoms with Crippen LogP contribution < -0.4 is 10.1 Å². The zero-order chi connectivity index (χ0) is 13.9. The van der Waals surface area contributed by atoms with E-state index >= 15 is 0 Å². The summed E-state index contributed by atoms with van der Waals surface area (Å²) in [5, 5.41) is 2.75. The molecule has 1 aromatic rings. The molecule has 0 spiro atoms. The number of nitrogens with one attached hydrogen (secondary N) is 1. The van der Waals surface area contributed by atoms with Crippen molar-refractivity contribution in [2.45, 2.75) is 20.3 Å². The lowest BCUT2D eigenvalue weighted by Gasteiger charge is -2.08. The van der Waals surface area contributed by atoms with Gasteiger partial charge in [0.05, 0.1) is 6.61 Å². The normalized spacial score (nSPS) is 10.5. The Morgan fingerprint density at radius 1 is 1.21 bits per heavy atom. The molecule has 0 saturated heterocycles. The Hall–Kier alpha value is -1.55. The molecule has 0 aliphatic carbocycles. The van der Waals surface area contributed by atoms with Crippen LogP contribution in [0.25, 0.3) is 0 Å². The molecule has 19 heavy (non-hydrogen) atoms. The average molecular weight is 265 g/mol. The van der Waals surface area contributed by atoms with E-state index in [1.165, 1.54) is 0 Å². The molecule has 0 fully saturated rings. The van der Waals surface area contributed by atoms with Gasteiger partial charge in [0, 0.05) is 13.2 Å². The van der Waals surface area contributed by atoms with E-state index in [9.17, 15) is 4.79 Å². The van der Waals surface area contributed by atoms with Crippen LogP contribution in [-0.4, -0.2) is 32.3 Å². The Labute approximate surface area is 115 Å². The summed E-state index contributed by atoms with van der Waals surface area (Å²) >= 11 is 0. The first-order valence-corrected chi connectivity index (χ1v) is 6.71. The van der Waals surface area contributed by atoms with Crippen molar-refractivity contribution in [3.05, 3.63) is 30.3 Å². The van der Waals surface area contributed by atoms with Crippen molar-refractivity contribution in [2.75, 3.05) is 26.4 Å². The lowest BCUT2D eigenvalue weighted by molar-refractivity contribution is -0.123. The molecule has 0 radical (unpaired) electrons. The minimum atomic E-state index is -0.128. The second kappa shape index (κ2) is 9.39. The fraction of sp³-hybridized carbons (Fsp3) is 0.533. The standard InChI is InChI=1S/C15H23NO3/c1-13(2)8-10-18-11-9-16-15(17)12-19-14-6-4-3-5-7-14/h3-7,13H,8-12H2,1-2H3,(H,16,17). The quantitative estimate of drug-likeness (QED) is 0.697. The molecule has 1 amide bonds. The Bertz CT molecular complexity index is 352. The van der Waals surface area contributed by atoms with Gasteiger partial charge in [0.2, 0.25) is 0 Å². The van der Waals surface area contributed by atoms with Crippen LogP contribution >= 0.6 is 0 Å². The van der Waals surface area contributed by atoms with Crippen LogP contribution in [0.5, 0.6) is 5.75 Å². The van der Waals surface area contributed by atoms with Crippen molar-refractivity contribution in [3.8, 4) is 5.75 Å². The number of carbonyl (C=O) groups excluding carboxylic acids is 1. The molecule has 4 nitrogen and oxygen atoms in total. The molecule has 0 heterocycles. The third kappa shape index (κ3) is 8.21. The van der Waals surface area contributed by atoms with E-state index in [0.717, 1.165) is 13.0 Å². The Morgan fingerprint density at radius 2 is 1.95 bits per heavy atom. The Balaban J connectivity index is 1.99. The van der Waals surface area contributed by atoms with Crippen LogP contribution in [0, 0.1) is 5.92 Å². The molecule has 0 atom stereocenters. The number of carbonyl (C=O) groups is 1. The summed E-state index contributed by atoms with van der Waals surface area (Å²) in [6.07, 6.45) is 1.05. The summed E-state index contributed by atoms with van der Waals surface area (Å²) in [6, 6.07) is 9.29. The summed E-state index contributed by atoms with van der Waals surface area (Å²) in [7, 11) is 0. The van der Waals surface area contributed by atoms with Crippen LogP contribution in [0.3, 0.4) is 0 Å². The third-order valence-corrected chi connectivity index (χ3v) is 2.52. The molecular weight excluding hydrogens is 242 g/mol. The second-order valence-corrected chi connectivity index (χ2v) is 4.75. The highest BCUT2D eigenvalue weighted by molar-refractivity contribution is 5.77. The van der Waals surface area contributed by atoms with Gasteiger partial charge in [0.1, 0.15) is 5.75 Å². The van der Waals surface area contributed by atoms with Gasteiger partial charge in [-0.3, -0.25) is 4.79 Å². The molecule has 1 rings (SSSR count). The van der Waals surface area contributed by atoms with E-state index in [4.69, 9.17) is 9.47 Å². The highest BCUT2D eigenvalue weighted by Gasteiger charge is 2.01. The number of para-hydroxylation sites is 1. The van der Waals surface area contributed by atoms with E-state index < -0.39 is 0 Å². The van der Waals surface area contributed by atoms with Gasteiger partial charge in [-0.25, -0.2) is 0 Å². The van der Waals surface area contributed by atoms with E-state index in [1.54, 1.807) is 0 Å². The van der Waals surface area contributed by atoms with Crippen molar-refractivity contribution in [1.29, 1.82) is 0 Å². The van der Waals surface area contributed by atoms with Gasteiger partial charge < -0.3 is 14.8 Å². The second-order valence-electron chi connectivity index (χ2n) is 4.75. The Morgan fingerprint density at radius 3 is 2.63 bits per heavy atom. The van der Waals surface area contributed by atoms with E-state index in [0.29, 0.717) is 24.8 Å². The summed E-state index contributed by atoms with van der Waals surface area (Å²) < 4.78 is 10.7. The van der Waals surface area contributed by atoms with Gasteiger partial charge >= 0.3 is 0 Å². The summed E-state index contributed by atoms with van der Waals surface area (Å²) in [4.78, 5) is 11.5. The van der Waals surface area contributed by atoms with Crippen molar-refractivity contribution in [2.24, 2.45) is 5.92 Å². The summed E-state index contributed by atoms with van der Waals surface area (Å²) in [6.45, 7) is 6.17. The molecule has 1 aromatic carbocycles. The van der Waals surface area contributed by atoms with Gasteiger partial charge in [-0.2, -0.15) is 0 Å². The van der Waals surface area contributed by atoms with Gasteiger partial charge in [-0.1, -0.05) is 32.0 Å². The molecule has 0 unspecified atom stereocenters. The number of rotatable bonds is 9. The summed E-state index contributed by atoms with van der Waals surface area (Å²) in [5.74, 6) is 1.22. The first-order valence-electron chi connectivity index (χ1n) is 6.71. The highest BCUT2D eigenvalue weighted by atomic mass is 16.5. The largest absolute Gasteiger partial charge is 0.484 e. The fourth-order valence-corrected chi connectivity index (χ4v) is 1.40. The minimum absolute atomic E-state index is 0.0377. The smallest absolute Gasteiger partial charge is 0.258 e. The maximum atomic E-state index is 11.5. The SMILES string of the molecule is CC(C)CCOCCNC(=O)COc1ccccc1. The number of hydrogen-bond donors (Lipinski definition) is 1. The zero-order valence-corrected chi connectivity index (χ0v) is 11.7. The first kappa shape index (κ1) is 15.5. The average Bonchev–Trinajstić information content (AvgIpc) is 2.41. The third-order valence-electron chi connectivity index (χ3n) is 2.52. The van der Waals surface area contributed by atoms with Crippen LogP contribution in [0.4, 0.5) is 0 Å². The number of ether oxygens (including phenoxy) is 2. The first-order chi connectivity index (χ1) is 9.18. The fourth-order valence-electron chi connectivity index (χ4n) is 1.40. The van der Waals surface area contributed by atoms with Crippen molar-refractivity contribution >= 4 is 5.91 Å². The topological polar surface area (TPSA) is 47.6 Å². The van der Waals surface area contributed by atoms with Crippen molar-refractivity contribution in [1.82, 2.24) is 5.32 Å². The van der Waals surface area contributed by atoms with E-state index in [1.807, 2.05) is 30.3 Å². The predicted molar refractivity (Wildman–Crippen MR) is 75.2 cm³/mol. The molecular formula is C15H23NO3. The molecule has 106 valence electrons. The van der Waals surface area contributed by atoms with Crippen LogP contribution in [-0.2, 0) is 9.53 Å². The predicted octanol–water partition coefficient (Wildman–Crippen LogP) is 2.24. The molecule has 0 bridgehead atoms.